The zero-order valence-corrected chi connectivity index (χ0v) is 6.75. The van der Waals surface area contributed by atoms with Gasteiger partial charge in [0.05, 0.1) is 12.2 Å². The first-order valence-electron chi connectivity index (χ1n) is 4.29. The zero-order valence-electron chi connectivity index (χ0n) is 6.75. The summed E-state index contributed by atoms with van der Waals surface area (Å²) in [5, 5.41) is 0. The van der Waals surface area contributed by atoms with E-state index in [0.717, 1.165) is 5.92 Å². The first kappa shape index (κ1) is 7.11. The van der Waals surface area contributed by atoms with Gasteiger partial charge in [-0.05, 0) is 25.2 Å². The summed E-state index contributed by atoms with van der Waals surface area (Å²) in [4.78, 5) is 0. The summed E-state index contributed by atoms with van der Waals surface area (Å²) in [6, 6.07) is 0. The van der Waals surface area contributed by atoms with Crippen molar-refractivity contribution >= 4 is 0 Å². The zero-order chi connectivity index (χ0) is 7.73. The van der Waals surface area contributed by atoms with Gasteiger partial charge in [-0.2, -0.15) is 0 Å². The molecule has 0 amide bonds. The predicted molar refractivity (Wildman–Crippen MR) is 45.4 cm³/mol. The standard InChI is InChI=1S/C10H14O/c1-2-7-11-10-5-3-9(8-10)4-6-10/h2-3,5,9H,1,4,6-8H2. The van der Waals surface area contributed by atoms with Crippen molar-refractivity contribution in [2.24, 2.45) is 5.92 Å². The van der Waals surface area contributed by atoms with Crippen molar-refractivity contribution in [3.05, 3.63) is 24.8 Å². The molecule has 2 unspecified atom stereocenters. The lowest BCUT2D eigenvalue weighted by Gasteiger charge is -2.22. The molecule has 1 saturated carbocycles. The van der Waals surface area contributed by atoms with E-state index in [1.165, 1.54) is 19.3 Å². The van der Waals surface area contributed by atoms with Crippen LogP contribution in [0, 0.1) is 5.92 Å². The van der Waals surface area contributed by atoms with Gasteiger partial charge >= 0.3 is 0 Å². The lowest BCUT2D eigenvalue weighted by atomic mass is 10.0. The van der Waals surface area contributed by atoms with E-state index >= 15 is 0 Å². The van der Waals surface area contributed by atoms with Crippen LogP contribution >= 0.6 is 0 Å². The Labute approximate surface area is 67.7 Å². The van der Waals surface area contributed by atoms with Gasteiger partial charge in [0.25, 0.3) is 0 Å². The number of fused-ring (bicyclic) bond motifs is 2. The molecule has 2 aliphatic rings. The largest absolute Gasteiger partial charge is 0.367 e. The SMILES string of the molecule is C=CCOC12C=CC(CC1)C2. The van der Waals surface area contributed by atoms with Gasteiger partial charge in [-0.3, -0.25) is 0 Å². The van der Waals surface area contributed by atoms with Gasteiger partial charge in [-0.15, -0.1) is 6.58 Å². The molecule has 0 aromatic heterocycles. The van der Waals surface area contributed by atoms with E-state index in [2.05, 4.69) is 18.7 Å². The smallest absolute Gasteiger partial charge is 0.0872 e. The third-order valence-corrected chi connectivity index (χ3v) is 2.71. The summed E-state index contributed by atoms with van der Waals surface area (Å²) in [6.07, 6.45) is 10.1. The molecule has 2 bridgehead atoms. The van der Waals surface area contributed by atoms with Crippen molar-refractivity contribution in [1.29, 1.82) is 0 Å². The van der Waals surface area contributed by atoms with Crippen LogP contribution in [0.1, 0.15) is 19.3 Å². The van der Waals surface area contributed by atoms with Crippen molar-refractivity contribution < 1.29 is 4.74 Å². The molecule has 2 rings (SSSR count). The van der Waals surface area contributed by atoms with Crippen LogP contribution in [0.25, 0.3) is 0 Å². The molecule has 0 spiro atoms. The Morgan fingerprint density at radius 1 is 1.73 bits per heavy atom. The minimum absolute atomic E-state index is 0.110. The second-order valence-electron chi connectivity index (χ2n) is 3.53. The normalized spacial score (nSPS) is 39.8. The average Bonchev–Trinajstić information content (AvgIpc) is 2.60. The third-order valence-electron chi connectivity index (χ3n) is 2.71. The van der Waals surface area contributed by atoms with Crippen molar-refractivity contribution in [1.82, 2.24) is 0 Å². The van der Waals surface area contributed by atoms with Gasteiger partial charge in [0.1, 0.15) is 0 Å². The van der Waals surface area contributed by atoms with Gasteiger partial charge in [0.15, 0.2) is 0 Å². The molecule has 60 valence electrons. The Kier molecular flexibility index (Phi) is 1.61. The van der Waals surface area contributed by atoms with Crippen molar-refractivity contribution in [2.45, 2.75) is 24.9 Å². The van der Waals surface area contributed by atoms with Crippen LogP contribution in [0.4, 0.5) is 0 Å². The highest BCUT2D eigenvalue weighted by atomic mass is 16.5. The number of allylic oxidation sites excluding steroid dienone is 1. The molecule has 0 aliphatic heterocycles. The molecule has 1 heteroatoms. The number of rotatable bonds is 3. The highest BCUT2D eigenvalue weighted by molar-refractivity contribution is 5.18. The second-order valence-corrected chi connectivity index (χ2v) is 3.53. The van der Waals surface area contributed by atoms with E-state index in [9.17, 15) is 0 Å². The fourth-order valence-electron chi connectivity index (χ4n) is 2.11. The van der Waals surface area contributed by atoms with Crippen LogP contribution in [0.2, 0.25) is 0 Å². The topological polar surface area (TPSA) is 9.23 Å². The van der Waals surface area contributed by atoms with Crippen LogP contribution in [0.15, 0.2) is 24.8 Å². The summed E-state index contributed by atoms with van der Waals surface area (Å²) in [6.45, 7) is 4.34. The fraction of sp³-hybridized carbons (Fsp3) is 0.600. The lowest BCUT2D eigenvalue weighted by molar-refractivity contribution is 0.0170. The molecule has 0 heterocycles. The second kappa shape index (κ2) is 2.49. The average molecular weight is 150 g/mol. The maximum Gasteiger partial charge on any atom is 0.0872 e. The molecule has 0 saturated heterocycles. The minimum Gasteiger partial charge on any atom is -0.367 e. The number of hydrogen-bond donors (Lipinski definition) is 0. The molecule has 0 N–H and O–H groups in total. The van der Waals surface area contributed by atoms with E-state index in [-0.39, 0.29) is 5.60 Å². The van der Waals surface area contributed by atoms with Gasteiger partial charge in [0.2, 0.25) is 0 Å². The van der Waals surface area contributed by atoms with Gasteiger partial charge in [0, 0.05) is 0 Å². The van der Waals surface area contributed by atoms with E-state index in [1.54, 1.807) is 0 Å². The van der Waals surface area contributed by atoms with Gasteiger partial charge in [-0.1, -0.05) is 18.2 Å². The third kappa shape index (κ3) is 1.14. The Hall–Kier alpha value is -0.560. The fourth-order valence-corrected chi connectivity index (χ4v) is 2.11. The van der Waals surface area contributed by atoms with Crippen molar-refractivity contribution in [2.75, 3.05) is 6.61 Å². The van der Waals surface area contributed by atoms with E-state index in [4.69, 9.17) is 4.74 Å². The Bertz CT molecular complexity index is 195. The minimum atomic E-state index is 0.110. The summed E-state index contributed by atoms with van der Waals surface area (Å²) in [7, 11) is 0. The maximum atomic E-state index is 5.73. The molecule has 0 radical (unpaired) electrons. The molecule has 0 aromatic carbocycles. The van der Waals surface area contributed by atoms with E-state index < -0.39 is 0 Å². The molecule has 2 atom stereocenters. The molecule has 2 aliphatic carbocycles. The molecule has 1 fully saturated rings. The molecule has 11 heavy (non-hydrogen) atoms. The predicted octanol–water partition coefficient (Wildman–Crippen LogP) is 2.30. The monoisotopic (exact) mass is 150 g/mol. The summed E-state index contributed by atoms with van der Waals surface area (Å²) in [5.41, 5.74) is 0.110. The molecule has 1 nitrogen and oxygen atoms in total. The maximum absolute atomic E-state index is 5.73. The lowest BCUT2D eigenvalue weighted by Crippen LogP contribution is -2.24. The molecule has 0 aromatic rings. The summed E-state index contributed by atoms with van der Waals surface area (Å²) >= 11 is 0. The first-order chi connectivity index (χ1) is 5.35. The number of hydrogen-bond acceptors (Lipinski definition) is 1. The Morgan fingerprint density at radius 3 is 3.09 bits per heavy atom. The summed E-state index contributed by atoms with van der Waals surface area (Å²) in [5.74, 6) is 0.805. The molecular formula is C10H14O. The van der Waals surface area contributed by atoms with Crippen LogP contribution in [-0.2, 0) is 4.74 Å². The molecular weight excluding hydrogens is 136 g/mol. The van der Waals surface area contributed by atoms with Gasteiger partial charge < -0.3 is 4.74 Å². The van der Waals surface area contributed by atoms with Crippen molar-refractivity contribution in [3.63, 3.8) is 0 Å². The number of ether oxygens (including phenoxy) is 1. The van der Waals surface area contributed by atoms with Crippen LogP contribution in [-0.4, -0.2) is 12.2 Å². The van der Waals surface area contributed by atoms with E-state index in [1.807, 2.05) is 6.08 Å². The Balaban J connectivity index is 2.00. The Morgan fingerprint density at radius 2 is 2.64 bits per heavy atom. The van der Waals surface area contributed by atoms with Crippen LogP contribution in [0.5, 0.6) is 0 Å². The highest BCUT2D eigenvalue weighted by Crippen LogP contribution is 2.44. The van der Waals surface area contributed by atoms with E-state index in [0.29, 0.717) is 6.61 Å². The summed E-state index contributed by atoms with van der Waals surface area (Å²) < 4.78 is 5.73. The van der Waals surface area contributed by atoms with Crippen LogP contribution < -0.4 is 0 Å². The first-order valence-corrected chi connectivity index (χ1v) is 4.29. The van der Waals surface area contributed by atoms with Crippen molar-refractivity contribution in [3.8, 4) is 0 Å². The quantitative estimate of drug-likeness (QED) is 0.561. The van der Waals surface area contributed by atoms with Crippen LogP contribution in [0.3, 0.4) is 0 Å². The van der Waals surface area contributed by atoms with Gasteiger partial charge in [-0.25, -0.2) is 0 Å². The highest BCUT2D eigenvalue weighted by Gasteiger charge is 2.41.